The van der Waals surface area contributed by atoms with Gasteiger partial charge in [0.2, 0.25) is 0 Å². The van der Waals surface area contributed by atoms with Crippen molar-refractivity contribution >= 4 is 34.7 Å². The maximum absolute atomic E-state index is 10.3. The minimum absolute atomic E-state index is 0.00799. The van der Waals surface area contributed by atoms with E-state index in [2.05, 4.69) is 26.1 Å². The minimum Gasteiger partial charge on any atom is -0.392 e. The second-order valence-electron chi connectivity index (χ2n) is 9.23. The van der Waals surface area contributed by atoms with Crippen LogP contribution in [-0.4, -0.2) is 37.8 Å². The molecule has 0 bridgehead atoms. The van der Waals surface area contributed by atoms with Crippen LogP contribution in [0.5, 0.6) is 0 Å². The molecule has 0 saturated carbocycles. The molecule has 3 N–H and O–H groups in total. The Kier molecular flexibility index (Phi) is 5.26. The van der Waals surface area contributed by atoms with E-state index in [0.717, 1.165) is 60.6 Å². The molecule has 6 rings (SSSR count). The molecular weight excluding hydrogens is 471 g/mol. The van der Waals surface area contributed by atoms with Crippen molar-refractivity contribution in [2.75, 3.05) is 18.0 Å². The molecule has 1 aliphatic carbocycles. The summed E-state index contributed by atoms with van der Waals surface area (Å²) >= 11 is 12.8. The maximum Gasteiger partial charge on any atom is 0.170 e. The number of rotatable bonds is 3. The Bertz CT molecular complexity index is 1400. The average molecular weight is 495 g/mol. The highest BCUT2D eigenvalue weighted by Gasteiger charge is 2.46. The average Bonchev–Trinajstić information content (AvgIpc) is 3.44. The normalized spacial score (nSPS) is 19.2. The van der Waals surface area contributed by atoms with Gasteiger partial charge in [-0.1, -0.05) is 41.4 Å². The van der Waals surface area contributed by atoms with E-state index in [1.807, 2.05) is 34.9 Å². The van der Waals surface area contributed by atoms with Crippen LogP contribution in [0.4, 0.5) is 5.82 Å². The van der Waals surface area contributed by atoms with Gasteiger partial charge in [0.05, 0.1) is 16.7 Å². The number of aliphatic hydroxyl groups is 1. The predicted molar refractivity (Wildman–Crippen MR) is 133 cm³/mol. The van der Waals surface area contributed by atoms with Crippen LogP contribution in [-0.2, 0) is 13.0 Å². The lowest BCUT2D eigenvalue weighted by atomic mass is 9.73. The van der Waals surface area contributed by atoms with Crippen molar-refractivity contribution in [1.29, 1.82) is 0 Å². The number of hydrogen-bond donors (Lipinski definition) is 2. The summed E-state index contributed by atoms with van der Waals surface area (Å²) in [5, 5.41) is 19.7. The summed E-state index contributed by atoms with van der Waals surface area (Å²) in [5.74, 6) is 0.947. The maximum atomic E-state index is 10.3. The van der Waals surface area contributed by atoms with E-state index >= 15 is 0 Å². The molecule has 4 heterocycles. The smallest absolute Gasteiger partial charge is 0.170 e. The number of benzene rings is 1. The van der Waals surface area contributed by atoms with Crippen molar-refractivity contribution in [3.63, 3.8) is 0 Å². The molecule has 7 nitrogen and oxygen atoms in total. The van der Waals surface area contributed by atoms with Crippen molar-refractivity contribution in [1.82, 2.24) is 19.6 Å². The zero-order valence-electron chi connectivity index (χ0n) is 18.5. The van der Waals surface area contributed by atoms with Crippen LogP contribution in [0.1, 0.15) is 35.7 Å². The molecule has 0 amide bonds. The first kappa shape index (κ1) is 21.8. The Hall–Kier alpha value is -2.71. The highest BCUT2D eigenvalue weighted by atomic mass is 35.5. The third-order valence-corrected chi connectivity index (χ3v) is 8.38. The van der Waals surface area contributed by atoms with Gasteiger partial charge in [-0.05, 0) is 54.0 Å². The lowest BCUT2D eigenvalue weighted by Crippen LogP contribution is -2.44. The van der Waals surface area contributed by atoms with Gasteiger partial charge in [0.1, 0.15) is 12.1 Å². The number of pyridine rings is 2. The lowest BCUT2D eigenvalue weighted by molar-refractivity contribution is 0.186. The van der Waals surface area contributed by atoms with Crippen LogP contribution in [0.25, 0.3) is 16.8 Å². The summed E-state index contributed by atoms with van der Waals surface area (Å²) in [4.78, 5) is 6.91. The van der Waals surface area contributed by atoms with Gasteiger partial charge in [0.15, 0.2) is 5.65 Å². The van der Waals surface area contributed by atoms with Crippen LogP contribution < -0.4 is 10.6 Å². The molecule has 1 aromatic carbocycles. The molecule has 1 saturated heterocycles. The predicted octanol–water partition coefficient (Wildman–Crippen LogP) is 4.43. The standard InChI is InChI=1S/C25H24Cl2N6O/c26-18-5-1-3-17(22(18)27)21-15(13-34)11-20(33-14-30-31-24(21)33)32-9-6-25(7-10-32)12-19-16(23(25)28)4-2-8-29-19/h1-5,8,11,14,23,34H,6-7,9-10,12-13,28H2/t23-/m1/s1. The quantitative estimate of drug-likeness (QED) is 0.437. The highest BCUT2D eigenvalue weighted by molar-refractivity contribution is 6.43. The second kappa shape index (κ2) is 8.20. The van der Waals surface area contributed by atoms with Crippen LogP contribution in [0.2, 0.25) is 10.0 Å². The summed E-state index contributed by atoms with van der Waals surface area (Å²) in [5.41, 5.74) is 11.9. The number of anilines is 1. The number of piperidine rings is 1. The number of nitrogens with two attached hydrogens (primary N) is 1. The van der Waals surface area contributed by atoms with Gasteiger partial charge >= 0.3 is 0 Å². The van der Waals surface area contributed by atoms with E-state index in [4.69, 9.17) is 28.9 Å². The molecule has 0 radical (unpaired) electrons. The number of hydrogen-bond acceptors (Lipinski definition) is 6. The van der Waals surface area contributed by atoms with E-state index in [1.54, 1.807) is 12.4 Å². The monoisotopic (exact) mass is 494 g/mol. The summed E-state index contributed by atoms with van der Waals surface area (Å²) < 4.78 is 1.97. The molecule has 1 atom stereocenters. The Labute approximate surface area is 207 Å². The first-order valence-corrected chi connectivity index (χ1v) is 12.1. The molecule has 2 aliphatic rings. The largest absolute Gasteiger partial charge is 0.392 e. The molecule has 3 aromatic heterocycles. The van der Waals surface area contributed by atoms with Gasteiger partial charge in [0.25, 0.3) is 0 Å². The molecule has 9 heteroatoms. The van der Waals surface area contributed by atoms with Crippen LogP contribution in [0, 0.1) is 5.41 Å². The molecule has 1 aliphatic heterocycles. The highest BCUT2D eigenvalue weighted by Crippen LogP contribution is 2.50. The van der Waals surface area contributed by atoms with Gasteiger partial charge in [0, 0.05) is 42.1 Å². The molecule has 4 aromatic rings. The van der Waals surface area contributed by atoms with Crippen LogP contribution in [0.15, 0.2) is 48.9 Å². The summed E-state index contributed by atoms with van der Waals surface area (Å²) in [6.45, 7) is 1.53. The van der Waals surface area contributed by atoms with E-state index in [0.29, 0.717) is 15.7 Å². The van der Waals surface area contributed by atoms with Gasteiger partial charge in [-0.2, -0.15) is 0 Å². The molecule has 174 valence electrons. The number of aromatic nitrogens is 4. The summed E-state index contributed by atoms with van der Waals surface area (Å²) in [6, 6.07) is 11.6. The van der Waals surface area contributed by atoms with Crippen LogP contribution >= 0.6 is 23.2 Å². The van der Waals surface area contributed by atoms with Crippen molar-refractivity contribution < 1.29 is 5.11 Å². The van der Waals surface area contributed by atoms with Crippen molar-refractivity contribution in [2.24, 2.45) is 11.1 Å². The molecular formula is C25H24Cl2N6O. The third-order valence-electron chi connectivity index (χ3n) is 7.56. The topological polar surface area (TPSA) is 92.6 Å². The zero-order chi connectivity index (χ0) is 23.4. The van der Waals surface area contributed by atoms with Crippen LogP contribution in [0.3, 0.4) is 0 Å². The summed E-state index contributed by atoms with van der Waals surface area (Å²) in [7, 11) is 0. The van der Waals surface area contributed by atoms with E-state index in [-0.39, 0.29) is 18.1 Å². The molecule has 1 spiro atoms. The number of aliphatic hydroxyl groups excluding tert-OH is 1. The van der Waals surface area contributed by atoms with Gasteiger partial charge in [-0.25, -0.2) is 0 Å². The fraction of sp³-hybridized carbons (Fsp3) is 0.320. The van der Waals surface area contributed by atoms with Crippen molar-refractivity contribution in [2.45, 2.75) is 31.9 Å². The van der Waals surface area contributed by atoms with Gasteiger partial charge in [-0.15, -0.1) is 10.2 Å². The Morgan fingerprint density at radius 1 is 1.15 bits per heavy atom. The first-order valence-electron chi connectivity index (χ1n) is 11.4. The number of fused-ring (bicyclic) bond motifs is 2. The lowest BCUT2D eigenvalue weighted by Gasteiger charge is -2.43. The van der Waals surface area contributed by atoms with E-state index in [1.165, 1.54) is 5.56 Å². The second-order valence-corrected chi connectivity index (χ2v) is 10.0. The number of halogens is 2. The minimum atomic E-state index is -0.155. The van der Waals surface area contributed by atoms with Gasteiger partial charge in [-0.3, -0.25) is 9.38 Å². The third kappa shape index (κ3) is 3.22. The Morgan fingerprint density at radius 2 is 1.97 bits per heavy atom. The summed E-state index contributed by atoms with van der Waals surface area (Å²) in [6.07, 6.45) is 6.41. The molecule has 1 fully saturated rings. The fourth-order valence-corrected chi connectivity index (χ4v) is 6.09. The SMILES string of the molecule is N[C@@H]1c2cccnc2CC12CCN(c1cc(CO)c(-c3cccc(Cl)c3Cl)c3nncn13)CC2. The molecule has 34 heavy (non-hydrogen) atoms. The first-order chi connectivity index (χ1) is 16.5. The zero-order valence-corrected chi connectivity index (χ0v) is 20.0. The fourth-order valence-electron chi connectivity index (χ4n) is 5.70. The van der Waals surface area contributed by atoms with Gasteiger partial charge < -0.3 is 15.7 Å². The Morgan fingerprint density at radius 3 is 2.74 bits per heavy atom. The Balaban J connectivity index is 1.37. The van der Waals surface area contributed by atoms with Crippen molar-refractivity contribution in [3.8, 4) is 11.1 Å². The van der Waals surface area contributed by atoms with E-state index in [9.17, 15) is 5.11 Å². The molecule has 0 unspecified atom stereocenters. The van der Waals surface area contributed by atoms with E-state index < -0.39 is 0 Å². The number of nitrogens with zero attached hydrogens (tertiary/aromatic N) is 5. The van der Waals surface area contributed by atoms with Crippen molar-refractivity contribution in [3.05, 3.63) is 75.8 Å².